The van der Waals surface area contributed by atoms with Crippen LogP contribution >= 0.6 is 0 Å². The normalized spacial score (nSPS) is 19.0. The van der Waals surface area contributed by atoms with Crippen LogP contribution in [-0.2, 0) is 35.1 Å². The summed E-state index contributed by atoms with van der Waals surface area (Å²) in [5, 5.41) is 12.6. The first-order chi connectivity index (χ1) is 24.9. The largest absolute Gasteiger partial charge is 0.399 e. The number of benzene rings is 1. The maximum Gasteiger partial charge on any atom is 0.245 e. The lowest BCUT2D eigenvalue weighted by Crippen LogP contribution is -2.59. The lowest BCUT2D eigenvalue weighted by molar-refractivity contribution is -0.149. The standard InChI is InChI=1S/C40H67N7O6/c1-13-26(4)36(46(10)40(51)35(25(2)3)43-38(49)28(6)44(7)8)33(52-11)24-34(48)47-21-15-18-32(47)37(53-12)27(5)39(50)45(9)31(19-20-41)23-29-16-14-17-30(42)22-29/h14,16-17,22,25-28,31-33,35-37H,13,15,18-19,21,23-24,42H2,1-12H3,(H,43,49)/t26-,27+,28+,31+,32-,33+,35?,36-,37+/m0/s1. The van der Waals surface area contributed by atoms with Gasteiger partial charge in [-0.3, -0.25) is 24.1 Å². The molecule has 1 saturated heterocycles. The van der Waals surface area contributed by atoms with E-state index in [4.69, 9.17) is 15.2 Å². The van der Waals surface area contributed by atoms with Gasteiger partial charge in [0.2, 0.25) is 23.6 Å². The lowest BCUT2D eigenvalue weighted by atomic mass is 9.89. The third-order valence-electron chi connectivity index (χ3n) is 11.3. The zero-order valence-electron chi connectivity index (χ0n) is 34.3. The third kappa shape index (κ3) is 11.9. The molecule has 3 N–H and O–H groups in total. The number of likely N-dealkylation sites (N-methyl/N-ethyl adjacent to an activating group) is 3. The summed E-state index contributed by atoms with van der Waals surface area (Å²) < 4.78 is 12.0. The number of methoxy groups -OCH3 is 2. The number of nitrogens with zero attached hydrogens (tertiary/aromatic N) is 5. The molecule has 1 aromatic rings. The molecule has 1 heterocycles. The summed E-state index contributed by atoms with van der Waals surface area (Å²) in [6.45, 7) is 12.0. The number of hydrogen-bond acceptors (Lipinski definition) is 9. The van der Waals surface area contributed by atoms with E-state index in [-0.39, 0.29) is 60.4 Å². The van der Waals surface area contributed by atoms with Crippen LogP contribution in [0.4, 0.5) is 5.69 Å². The molecule has 1 aliphatic rings. The van der Waals surface area contributed by atoms with Crippen molar-refractivity contribution in [3.05, 3.63) is 29.8 Å². The van der Waals surface area contributed by atoms with Crippen LogP contribution in [0.25, 0.3) is 0 Å². The van der Waals surface area contributed by atoms with Crippen molar-refractivity contribution in [3.8, 4) is 6.07 Å². The molecule has 1 aliphatic heterocycles. The minimum absolute atomic E-state index is 0.0196. The van der Waals surface area contributed by atoms with Gasteiger partial charge in [0.1, 0.15) is 6.04 Å². The molecule has 53 heavy (non-hydrogen) atoms. The van der Waals surface area contributed by atoms with Gasteiger partial charge in [0.15, 0.2) is 0 Å². The molecule has 0 bridgehead atoms. The Morgan fingerprint density at radius 3 is 2.21 bits per heavy atom. The van der Waals surface area contributed by atoms with Crippen LogP contribution in [-0.4, -0.2) is 135 Å². The Labute approximate surface area is 318 Å². The highest BCUT2D eigenvalue weighted by molar-refractivity contribution is 5.90. The molecule has 0 spiro atoms. The second-order valence-electron chi connectivity index (χ2n) is 15.4. The molecule has 298 valence electrons. The Balaban J connectivity index is 2.29. The number of nitrogens with one attached hydrogen (secondary N) is 1. The first-order valence-corrected chi connectivity index (χ1v) is 19.0. The molecule has 9 atom stereocenters. The Morgan fingerprint density at radius 2 is 1.68 bits per heavy atom. The van der Waals surface area contributed by atoms with Crippen molar-refractivity contribution in [3.63, 3.8) is 0 Å². The summed E-state index contributed by atoms with van der Waals surface area (Å²) in [5.41, 5.74) is 7.54. The number of anilines is 1. The molecule has 13 nitrogen and oxygen atoms in total. The summed E-state index contributed by atoms with van der Waals surface area (Å²) in [6.07, 6.45) is 1.62. The van der Waals surface area contributed by atoms with E-state index in [0.29, 0.717) is 25.1 Å². The smallest absolute Gasteiger partial charge is 0.245 e. The summed E-state index contributed by atoms with van der Waals surface area (Å²) >= 11 is 0. The molecule has 0 aromatic heterocycles. The van der Waals surface area contributed by atoms with Gasteiger partial charge in [0, 0.05) is 46.6 Å². The van der Waals surface area contributed by atoms with Gasteiger partial charge in [-0.05, 0) is 69.8 Å². The maximum absolute atomic E-state index is 14.2. The monoisotopic (exact) mass is 742 g/mol. The molecule has 0 saturated carbocycles. The number of amides is 4. The molecule has 0 radical (unpaired) electrons. The van der Waals surface area contributed by atoms with Crippen LogP contribution in [0, 0.1) is 29.1 Å². The fourth-order valence-electron chi connectivity index (χ4n) is 7.48. The Hall–Kier alpha value is -3.73. The number of hydrogen-bond donors (Lipinski definition) is 2. The topological polar surface area (TPSA) is 162 Å². The number of nitrogens with two attached hydrogens (primary N) is 1. The fraction of sp³-hybridized carbons (Fsp3) is 0.725. The van der Waals surface area contributed by atoms with Crippen LogP contribution in [0.1, 0.15) is 79.2 Å². The zero-order valence-corrected chi connectivity index (χ0v) is 34.3. The molecule has 1 unspecified atom stereocenters. The van der Waals surface area contributed by atoms with E-state index in [0.717, 1.165) is 18.4 Å². The maximum atomic E-state index is 14.2. The van der Waals surface area contributed by atoms with Gasteiger partial charge < -0.3 is 35.2 Å². The predicted octanol–water partition coefficient (Wildman–Crippen LogP) is 3.56. The molecule has 1 aromatic carbocycles. The molecular weight excluding hydrogens is 674 g/mol. The Kier molecular flexibility index (Phi) is 18.2. The van der Waals surface area contributed by atoms with Crippen LogP contribution in [0.5, 0.6) is 0 Å². The van der Waals surface area contributed by atoms with Crippen molar-refractivity contribution in [2.45, 2.75) is 122 Å². The third-order valence-corrected chi connectivity index (χ3v) is 11.3. The number of nitrogen functional groups attached to an aromatic ring is 1. The van der Waals surface area contributed by atoms with E-state index in [9.17, 15) is 24.4 Å². The average Bonchev–Trinajstić information content (AvgIpc) is 3.61. The average molecular weight is 742 g/mol. The lowest BCUT2D eigenvalue weighted by Gasteiger charge is -2.41. The highest BCUT2D eigenvalue weighted by Crippen LogP contribution is 2.30. The van der Waals surface area contributed by atoms with Crippen molar-refractivity contribution in [1.82, 2.24) is 24.9 Å². The van der Waals surface area contributed by atoms with Crippen LogP contribution in [0.15, 0.2) is 24.3 Å². The van der Waals surface area contributed by atoms with Gasteiger partial charge >= 0.3 is 0 Å². The number of ether oxygens (including phenoxy) is 2. The van der Waals surface area contributed by atoms with Crippen molar-refractivity contribution in [1.29, 1.82) is 5.26 Å². The molecule has 13 heteroatoms. The first-order valence-electron chi connectivity index (χ1n) is 19.0. The van der Waals surface area contributed by atoms with Gasteiger partial charge in [0.05, 0.1) is 55.2 Å². The molecule has 0 aliphatic carbocycles. The highest BCUT2D eigenvalue weighted by Gasteiger charge is 2.43. The number of nitriles is 1. The quantitative estimate of drug-likeness (QED) is 0.191. The minimum atomic E-state index is -0.754. The van der Waals surface area contributed by atoms with E-state index in [1.54, 1.807) is 60.9 Å². The van der Waals surface area contributed by atoms with Crippen LogP contribution < -0.4 is 11.1 Å². The van der Waals surface area contributed by atoms with Crippen LogP contribution in [0.2, 0.25) is 0 Å². The van der Waals surface area contributed by atoms with Crippen LogP contribution in [0.3, 0.4) is 0 Å². The van der Waals surface area contributed by atoms with Gasteiger partial charge in [-0.1, -0.05) is 53.2 Å². The van der Waals surface area contributed by atoms with Gasteiger partial charge in [-0.25, -0.2) is 0 Å². The van der Waals surface area contributed by atoms with E-state index in [1.807, 2.05) is 66.9 Å². The zero-order chi connectivity index (χ0) is 40.2. The second-order valence-corrected chi connectivity index (χ2v) is 15.4. The van der Waals surface area contributed by atoms with E-state index >= 15 is 0 Å². The summed E-state index contributed by atoms with van der Waals surface area (Å²) in [5.74, 6) is -1.56. The van der Waals surface area contributed by atoms with Crippen molar-refractivity contribution >= 4 is 29.3 Å². The molecule has 2 rings (SSSR count). The molecular formula is C40H67N7O6. The highest BCUT2D eigenvalue weighted by atomic mass is 16.5. The summed E-state index contributed by atoms with van der Waals surface area (Å²) in [6, 6.07) is 7.33. The predicted molar refractivity (Wildman–Crippen MR) is 207 cm³/mol. The molecule has 4 amide bonds. The van der Waals surface area contributed by atoms with Gasteiger partial charge in [0.25, 0.3) is 0 Å². The summed E-state index contributed by atoms with van der Waals surface area (Å²) in [7, 11) is 10.2. The van der Waals surface area contributed by atoms with E-state index < -0.39 is 36.3 Å². The van der Waals surface area contributed by atoms with E-state index in [2.05, 4.69) is 11.4 Å². The van der Waals surface area contributed by atoms with Crippen molar-refractivity contribution < 1.29 is 28.7 Å². The minimum Gasteiger partial charge on any atom is -0.399 e. The number of likely N-dealkylation sites (tertiary alicyclic amines) is 1. The van der Waals surface area contributed by atoms with Gasteiger partial charge in [-0.15, -0.1) is 0 Å². The van der Waals surface area contributed by atoms with Crippen molar-refractivity contribution in [2.24, 2.45) is 17.8 Å². The van der Waals surface area contributed by atoms with Gasteiger partial charge in [-0.2, -0.15) is 5.26 Å². The van der Waals surface area contributed by atoms with Crippen molar-refractivity contribution in [2.75, 3.05) is 54.7 Å². The Bertz CT molecular complexity index is 1400. The Morgan fingerprint density at radius 1 is 1.02 bits per heavy atom. The number of carbonyl (C=O) groups is 4. The second kappa shape index (κ2) is 21.2. The van der Waals surface area contributed by atoms with E-state index in [1.165, 1.54) is 0 Å². The fourth-order valence-corrected chi connectivity index (χ4v) is 7.48. The summed E-state index contributed by atoms with van der Waals surface area (Å²) in [4.78, 5) is 62.2. The number of carbonyl (C=O) groups excluding carboxylic acids is 4. The first kappa shape index (κ1) is 45.4. The number of rotatable bonds is 20. The SMILES string of the molecule is CC[C@H](C)[C@@H]([C@@H](CC(=O)N1CCC[C@H]1[C@H](OC)[C@@H](C)C(=O)N(C)[C@H](CC#N)Cc1cccc(N)c1)OC)N(C)C(=O)C(NC(=O)[C@@H](C)N(C)C)C(C)C. The molecule has 1 fully saturated rings.